The third-order valence-corrected chi connectivity index (χ3v) is 5.48. The van der Waals surface area contributed by atoms with Crippen molar-refractivity contribution in [2.75, 3.05) is 19.8 Å². The summed E-state index contributed by atoms with van der Waals surface area (Å²) < 4.78 is 26.9. The molecule has 1 heterocycles. The summed E-state index contributed by atoms with van der Waals surface area (Å²) in [6, 6.07) is 6.23. The number of hydrogen-bond donors (Lipinski definition) is 2. The van der Waals surface area contributed by atoms with Crippen molar-refractivity contribution >= 4 is 10.0 Å². The number of aliphatic hydroxyl groups is 2. The Labute approximate surface area is 125 Å². The Kier molecular flexibility index (Phi) is 5.37. The van der Waals surface area contributed by atoms with E-state index in [-0.39, 0.29) is 24.2 Å². The second-order valence-corrected chi connectivity index (χ2v) is 6.72. The zero-order chi connectivity index (χ0) is 15.3. The summed E-state index contributed by atoms with van der Waals surface area (Å²) in [7, 11) is -3.66. The highest BCUT2D eigenvalue weighted by molar-refractivity contribution is 7.89. The molecule has 0 bridgehead atoms. The van der Waals surface area contributed by atoms with E-state index in [4.69, 9.17) is 5.11 Å². The molecule has 0 aliphatic carbocycles. The smallest absolute Gasteiger partial charge is 0.244 e. The van der Waals surface area contributed by atoms with E-state index in [9.17, 15) is 13.5 Å². The largest absolute Gasteiger partial charge is 0.395 e. The van der Waals surface area contributed by atoms with Crippen molar-refractivity contribution in [2.45, 2.75) is 30.2 Å². The summed E-state index contributed by atoms with van der Waals surface area (Å²) in [5.41, 5.74) is 0.425. The standard InChI is InChI=1S/C15H19NO4S/c17-11-4-3-7-13-6-1-2-9-15(13)21(19,20)16-10-5-8-14(16)12-18/h1-2,6,9,14,17-18H,4-5,8,10-12H2. The van der Waals surface area contributed by atoms with Gasteiger partial charge in [-0.2, -0.15) is 4.31 Å². The van der Waals surface area contributed by atoms with Crippen LogP contribution >= 0.6 is 0 Å². The lowest BCUT2D eigenvalue weighted by molar-refractivity contribution is 0.213. The molecule has 0 spiro atoms. The molecule has 1 aromatic rings. The van der Waals surface area contributed by atoms with E-state index in [2.05, 4.69) is 11.8 Å². The Bertz CT molecular complexity index is 645. The Balaban J connectivity index is 2.39. The van der Waals surface area contributed by atoms with Crippen LogP contribution in [0.4, 0.5) is 0 Å². The van der Waals surface area contributed by atoms with Crippen molar-refractivity contribution in [3.8, 4) is 11.8 Å². The Morgan fingerprint density at radius 3 is 2.76 bits per heavy atom. The molecule has 0 saturated carbocycles. The number of hydrogen-bond acceptors (Lipinski definition) is 4. The zero-order valence-corrected chi connectivity index (χ0v) is 12.5. The monoisotopic (exact) mass is 309 g/mol. The van der Waals surface area contributed by atoms with Crippen LogP contribution in [0.2, 0.25) is 0 Å². The number of rotatable bonds is 4. The first-order valence-electron chi connectivity index (χ1n) is 6.92. The van der Waals surface area contributed by atoms with Crippen LogP contribution in [0.5, 0.6) is 0 Å². The molecule has 1 aliphatic rings. The van der Waals surface area contributed by atoms with Crippen molar-refractivity contribution in [2.24, 2.45) is 0 Å². The van der Waals surface area contributed by atoms with Gasteiger partial charge >= 0.3 is 0 Å². The van der Waals surface area contributed by atoms with E-state index in [1.165, 1.54) is 10.4 Å². The molecule has 0 aromatic heterocycles. The molecular formula is C15H19NO4S. The second kappa shape index (κ2) is 7.05. The minimum Gasteiger partial charge on any atom is -0.395 e. The van der Waals surface area contributed by atoms with Gasteiger partial charge in [-0.05, 0) is 25.0 Å². The highest BCUT2D eigenvalue weighted by Crippen LogP contribution is 2.27. The molecule has 1 aromatic carbocycles. The van der Waals surface area contributed by atoms with Crippen LogP contribution in [0.15, 0.2) is 29.2 Å². The summed E-state index contributed by atoms with van der Waals surface area (Å²) in [4.78, 5) is 0.163. The lowest BCUT2D eigenvalue weighted by atomic mass is 10.2. The molecule has 1 atom stereocenters. The van der Waals surface area contributed by atoms with E-state index >= 15 is 0 Å². The number of benzene rings is 1. The summed E-state index contributed by atoms with van der Waals surface area (Å²) in [6.07, 6.45) is 1.73. The second-order valence-electron chi connectivity index (χ2n) is 4.87. The van der Waals surface area contributed by atoms with Gasteiger partial charge in [-0.1, -0.05) is 24.0 Å². The normalized spacial score (nSPS) is 19.2. The molecule has 21 heavy (non-hydrogen) atoms. The van der Waals surface area contributed by atoms with Gasteiger partial charge in [0, 0.05) is 24.6 Å². The average molecular weight is 309 g/mol. The third-order valence-electron chi connectivity index (χ3n) is 3.47. The number of sulfonamides is 1. The molecule has 1 saturated heterocycles. The van der Waals surface area contributed by atoms with Crippen LogP contribution in [0.1, 0.15) is 24.8 Å². The molecule has 2 rings (SSSR count). The molecule has 2 N–H and O–H groups in total. The third kappa shape index (κ3) is 3.44. The fourth-order valence-corrected chi connectivity index (χ4v) is 4.28. The van der Waals surface area contributed by atoms with Gasteiger partial charge in [0.1, 0.15) is 0 Å². The van der Waals surface area contributed by atoms with Gasteiger partial charge in [0.2, 0.25) is 10.0 Å². The highest BCUT2D eigenvalue weighted by Gasteiger charge is 2.35. The van der Waals surface area contributed by atoms with Crippen LogP contribution in [0.3, 0.4) is 0 Å². The molecule has 0 amide bonds. The molecule has 0 radical (unpaired) electrons. The predicted octanol–water partition coefficient (Wildman–Crippen LogP) is 0.566. The lowest BCUT2D eigenvalue weighted by Gasteiger charge is -2.23. The lowest BCUT2D eigenvalue weighted by Crippen LogP contribution is -2.37. The quantitative estimate of drug-likeness (QED) is 0.797. The van der Waals surface area contributed by atoms with Crippen LogP contribution in [-0.2, 0) is 10.0 Å². The van der Waals surface area contributed by atoms with E-state index < -0.39 is 10.0 Å². The minimum absolute atomic E-state index is 0.0549. The van der Waals surface area contributed by atoms with Gasteiger partial charge in [0.15, 0.2) is 0 Å². The minimum atomic E-state index is -3.66. The van der Waals surface area contributed by atoms with E-state index in [0.717, 1.165) is 6.42 Å². The maximum absolute atomic E-state index is 12.8. The highest BCUT2D eigenvalue weighted by atomic mass is 32.2. The first-order valence-corrected chi connectivity index (χ1v) is 8.36. The van der Waals surface area contributed by atoms with Crippen molar-refractivity contribution in [3.05, 3.63) is 29.8 Å². The summed E-state index contributed by atoms with van der Waals surface area (Å²) in [6.45, 7) is 0.199. The van der Waals surface area contributed by atoms with Crippen molar-refractivity contribution < 1.29 is 18.6 Å². The van der Waals surface area contributed by atoms with Crippen LogP contribution in [-0.4, -0.2) is 48.7 Å². The molecular weight excluding hydrogens is 290 g/mol. The number of aliphatic hydroxyl groups excluding tert-OH is 2. The molecule has 5 nitrogen and oxygen atoms in total. The SMILES string of the molecule is O=S(=O)(c1ccccc1C#CCCO)N1CCCC1CO. The Hall–Kier alpha value is -1.39. The molecule has 1 unspecified atom stereocenters. The fourth-order valence-electron chi connectivity index (χ4n) is 2.44. The zero-order valence-electron chi connectivity index (χ0n) is 11.7. The molecule has 1 aliphatic heterocycles. The van der Waals surface area contributed by atoms with Gasteiger partial charge in [-0.3, -0.25) is 0 Å². The molecule has 6 heteroatoms. The van der Waals surface area contributed by atoms with E-state index in [1.807, 2.05) is 0 Å². The van der Waals surface area contributed by atoms with Gasteiger partial charge in [0.25, 0.3) is 0 Å². The first-order chi connectivity index (χ1) is 10.1. The van der Waals surface area contributed by atoms with E-state index in [0.29, 0.717) is 24.9 Å². The summed E-state index contributed by atoms with van der Waals surface area (Å²) in [5, 5.41) is 18.1. The van der Waals surface area contributed by atoms with Crippen molar-refractivity contribution in [1.82, 2.24) is 4.31 Å². The summed E-state index contributed by atoms with van der Waals surface area (Å²) >= 11 is 0. The maximum Gasteiger partial charge on any atom is 0.244 e. The van der Waals surface area contributed by atoms with Crippen LogP contribution in [0, 0.1) is 11.8 Å². The van der Waals surface area contributed by atoms with Crippen molar-refractivity contribution in [1.29, 1.82) is 0 Å². The van der Waals surface area contributed by atoms with Gasteiger partial charge in [-0.25, -0.2) is 8.42 Å². The Morgan fingerprint density at radius 2 is 2.05 bits per heavy atom. The maximum atomic E-state index is 12.8. The Morgan fingerprint density at radius 1 is 1.29 bits per heavy atom. The van der Waals surface area contributed by atoms with Crippen LogP contribution < -0.4 is 0 Å². The van der Waals surface area contributed by atoms with Gasteiger partial charge in [0.05, 0.1) is 18.1 Å². The van der Waals surface area contributed by atoms with Crippen molar-refractivity contribution in [3.63, 3.8) is 0 Å². The topological polar surface area (TPSA) is 77.8 Å². The predicted molar refractivity (Wildman–Crippen MR) is 79.0 cm³/mol. The number of nitrogens with zero attached hydrogens (tertiary/aromatic N) is 1. The first kappa shape index (κ1) is 16.0. The van der Waals surface area contributed by atoms with Gasteiger partial charge in [-0.15, -0.1) is 0 Å². The van der Waals surface area contributed by atoms with E-state index in [1.54, 1.807) is 18.2 Å². The molecule has 1 fully saturated rings. The molecule has 114 valence electrons. The fraction of sp³-hybridized carbons (Fsp3) is 0.467. The van der Waals surface area contributed by atoms with Gasteiger partial charge < -0.3 is 10.2 Å². The average Bonchev–Trinajstić information content (AvgIpc) is 2.97. The summed E-state index contributed by atoms with van der Waals surface area (Å²) in [5.74, 6) is 5.55. The van der Waals surface area contributed by atoms with Crippen LogP contribution in [0.25, 0.3) is 0 Å².